The van der Waals surface area contributed by atoms with Gasteiger partial charge in [0.2, 0.25) is 5.91 Å². The molecule has 2 heterocycles. The first-order valence-corrected chi connectivity index (χ1v) is 13.9. The monoisotopic (exact) mass is 606 g/mol. The van der Waals surface area contributed by atoms with E-state index in [9.17, 15) is 18.4 Å². The molecule has 1 aromatic heterocycles. The van der Waals surface area contributed by atoms with Crippen LogP contribution < -0.4 is 15.4 Å². The molecule has 0 spiro atoms. The Morgan fingerprint density at radius 3 is 1.98 bits per heavy atom. The zero-order chi connectivity index (χ0) is 29.5. The smallest absolute Gasteiger partial charge is 0.347 e. The molecule has 43 heavy (non-hydrogen) atoms. The van der Waals surface area contributed by atoms with Crippen LogP contribution in [0.5, 0.6) is 5.75 Å². The first kappa shape index (κ1) is 31.6. The number of halogens is 3. The fraction of sp³-hybridized carbons (Fsp3) is 0.242. The van der Waals surface area contributed by atoms with Crippen LogP contribution in [-0.4, -0.2) is 54.5 Å². The van der Waals surface area contributed by atoms with Gasteiger partial charge in [0.05, 0.1) is 0 Å². The molecule has 1 aliphatic heterocycles. The third kappa shape index (κ3) is 8.15. The second kappa shape index (κ2) is 14.7. The van der Waals surface area contributed by atoms with Gasteiger partial charge in [0.25, 0.3) is 0 Å². The van der Waals surface area contributed by atoms with Crippen LogP contribution in [0.4, 0.5) is 14.6 Å². The van der Waals surface area contributed by atoms with E-state index in [4.69, 9.17) is 10.5 Å². The molecule has 224 valence electrons. The lowest BCUT2D eigenvalue weighted by molar-refractivity contribution is 0.0734. The Morgan fingerprint density at radius 2 is 1.42 bits per heavy atom. The van der Waals surface area contributed by atoms with Gasteiger partial charge < -0.3 is 15.4 Å². The molecule has 0 saturated carbocycles. The summed E-state index contributed by atoms with van der Waals surface area (Å²) in [4.78, 5) is 33.3. The summed E-state index contributed by atoms with van der Waals surface area (Å²) >= 11 is 0. The standard InChI is InChI=1S/C33H32F2N4O3.ClH/c34-26-11-5-23(6-12-26)29(24-7-13-27(35)14-8-24)4-2-18-38-19-21-39(22-20-38)32-30(3-1-17-37-32)33(41)42-28-15-9-25(10-16-28)31(36)40;/h1,3,5-17,29H,2,4,18-22H2,(H2,36,40);1H. The molecule has 0 atom stereocenters. The molecule has 0 radical (unpaired) electrons. The molecule has 1 fully saturated rings. The van der Waals surface area contributed by atoms with Crippen LogP contribution in [0.1, 0.15) is 50.6 Å². The highest BCUT2D eigenvalue weighted by molar-refractivity contribution is 5.96. The van der Waals surface area contributed by atoms with Crippen LogP contribution in [-0.2, 0) is 0 Å². The molecular weight excluding hydrogens is 574 g/mol. The predicted molar refractivity (Wildman–Crippen MR) is 164 cm³/mol. The highest BCUT2D eigenvalue weighted by atomic mass is 35.5. The molecule has 0 aliphatic carbocycles. The molecule has 10 heteroatoms. The van der Waals surface area contributed by atoms with Gasteiger partial charge in [0.1, 0.15) is 28.8 Å². The minimum absolute atomic E-state index is 0. The second-order valence-electron chi connectivity index (χ2n) is 10.3. The van der Waals surface area contributed by atoms with Crippen molar-refractivity contribution in [2.45, 2.75) is 18.8 Å². The van der Waals surface area contributed by atoms with E-state index in [0.717, 1.165) is 43.6 Å². The number of amides is 1. The van der Waals surface area contributed by atoms with Crippen molar-refractivity contribution in [2.75, 3.05) is 37.6 Å². The van der Waals surface area contributed by atoms with Crippen molar-refractivity contribution < 1.29 is 23.1 Å². The van der Waals surface area contributed by atoms with Crippen molar-refractivity contribution in [3.05, 3.63) is 125 Å². The van der Waals surface area contributed by atoms with Gasteiger partial charge in [-0.1, -0.05) is 24.3 Å². The number of piperazine rings is 1. The van der Waals surface area contributed by atoms with Gasteiger partial charge in [-0.05, 0) is 91.2 Å². The van der Waals surface area contributed by atoms with Crippen LogP contribution in [0, 0.1) is 11.6 Å². The lowest BCUT2D eigenvalue weighted by atomic mass is 9.87. The van der Waals surface area contributed by atoms with Crippen LogP contribution >= 0.6 is 12.4 Å². The minimum Gasteiger partial charge on any atom is -0.423 e. The number of carbonyl (C=O) groups is 2. The van der Waals surface area contributed by atoms with E-state index in [1.807, 2.05) is 0 Å². The van der Waals surface area contributed by atoms with Crippen LogP contribution in [0.2, 0.25) is 0 Å². The van der Waals surface area contributed by atoms with E-state index in [0.29, 0.717) is 35.8 Å². The SMILES string of the molecule is Cl.NC(=O)c1ccc(OC(=O)c2cccnc2N2CCN(CCCC(c3ccc(F)cc3)c3ccc(F)cc3)CC2)cc1. The number of primary amides is 1. The minimum atomic E-state index is -0.554. The summed E-state index contributed by atoms with van der Waals surface area (Å²) in [6.07, 6.45) is 3.41. The first-order chi connectivity index (χ1) is 20.4. The maximum absolute atomic E-state index is 13.6. The molecule has 4 aromatic rings. The first-order valence-electron chi connectivity index (χ1n) is 13.9. The number of esters is 1. The Kier molecular flexibility index (Phi) is 10.8. The van der Waals surface area contributed by atoms with E-state index >= 15 is 0 Å². The molecule has 0 unspecified atom stereocenters. The second-order valence-corrected chi connectivity index (χ2v) is 10.3. The molecule has 3 aromatic carbocycles. The summed E-state index contributed by atoms with van der Waals surface area (Å²) in [7, 11) is 0. The quantitative estimate of drug-likeness (QED) is 0.180. The number of pyridine rings is 1. The van der Waals surface area contributed by atoms with Crippen LogP contribution in [0.15, 0.2) is 91.1 Å². The topological polar surface area (TPSA) is 88.8 Å². The van der Waals surface area contributed by atoms with E-state index in [2.05, 4.69) is 14.8 Å². The van der Waals surface area contributed by atoms with Crippen molar-refractivity contribution in [1.82, 2.24) is 9.88 Å². The summed E-state index contributed by atoms with van der Waals surface area (Å²) in [5.41, 5.74) is 7.99. The summed E-state index contributed by atoms with van der Waals surface area (Å²) in [5.74, 6) is -0.716. The Balaban J connectivity index is 0.00000423. The molecule has 1 saturated heterocycles. The molecule has 7 nitrogen and oxygen atoms in total. The van der Waals surface area contributed by atoms with Gasteiger partial charge in [-0.15, -0.1) is 12.4 Å². The van der Waals surface area contributed by atoms with Crippen molar-refractivity contribution in [3.63, 3.8) is 0 Å². The number of ether oxygens (including phenoxy) is 1. The van der Waals surface area contributed by atoms with Crippen molar-refractivity contribution in [1.29, 1.82) is 0 Å². The zero-order valence-electron chi connectivity index (χ0n) is 23.5. The number of anilines is 1. The highest BCUT2D eigenvalue weighted by Crippen LogP contribution is 2.30. The fourth-order valence-corrected chi connectivity index (χ4v) is 5.28. The number of hydrogen-bond donors (Lipinski definition) is 1. The Bertz CT molecular complexity index is 1470. The van der Waals surface area contributed by atoms with Gasteiger partial charge in [-0.25, -0.2) is 18.6 Å². The third-order valence-corrected chi connectivity index (χ3v) is 7.54. The number of nitrogens with two attached hydrogens (primary N) is 1. The molecular formula is C33H33ClF2N4O3. The maximum atomic E-state index is 13.6. The highest BCUT2D eigenvalue weighted by Gasteiger charge is 2.24. The number of rotatable bonds is 10. The molecule has 5 rings (SSSR count). The van der Waals surface area contributed by atoms with E-state index in [1.165, 1.54) is 48.5 Å². The Hall–Kier alpha value is -4.34. The van der Waals surface area contributed by atoms with Gasteiger partial charge in [0, 0.05) is 43.9 Å². The zero-order valence-corrected chi connectivity index (χ0v) is 24.3. The summed E-state index contributed by atoms with van der Waals surface area (Å²) < 4.78 is 32.6. The van der Waals surface area contributed by atoms with Crippen molar-refractivity contribution in [3.8, 4) is 5.75 Å². The van der Waals surface area contributed by atoms with E-state index in [-0.39, 0.29) is 30.0 Å². The average molecular weight is 607 g/mol. The van der Waals surface area contributed by atoms with Gasteiger partial charge in [-0.3, -0.25) is 9.69 Å². The fourth-order valence-electron chi connectivity index (χ4n) is 5.28. The van der Waals surface area contributed by atoms with Crippen molar-refractivity contribution >= 4 is 30.1 Å². The van der Waals surface area contributed by atoms with Gasteiger partial charge in [-0.2, -0.15) is 0 Å². The number of carbonyl (C=O) groups excluding carboxylic acids is 2. The number of aromatic nitrogens is 1. The summed E-state index contributed by atoms with van der Waals surface area (Å²) in [6.45, 7) is 3.88. The van der Waals surface area contributed by atoms with Gasteiger partial charge in [0.15, 0.2) is 0 Å². The number of nitrogens with zero attached hydrogens (tertiary/aromatic N) is 3. The Labute approximate surface area is 255 Å². The third-order valence-electron chi connectivity index (χ3n) is 7.54. The van der Waals surface area contributed by atoms with Crippen LogP contribution in [0.25, 0.3) is 0 Å². The summed E-state index contributed by atoms with van der Waals surface area (Å²) in [6, 6.07) is 22.5. The molecule has 1 aliphatic rings. The largest absolute Gasteiger partial charge is 0.423 e. The van der Waals surface area contributed by atoms with Gasteiger partial charge >= 0.3 is 5.97 Å². The maximum Gasteiger partial charge on any atom is 0.347 e. The Morgan fingerprint density at radius 1 is 0.837 bits per heavy atom. The lowest BCUT2D eigenvalue weighted by Crippen LogP contribution is -2.47. The molecule has 2 N–H and O–H groups in total. The number of benzene rings is 3. The lowest BCUT2D eigenvalue weighted by Gasteiger charge is -2.36. The molecule has 0 bridgehead atoms. The normalized spacial score (nSPS) is 13.4. The molecule has 1 amide bonds. The predicted octanol–water partition coefficient (Wildman–Crippen LogP) is 5.83. The van der Waals surface area contributed by atoms with E-state index in [1.54, 1.807) is 42.6 Å². The van der Waals surface area contributed by atoms with E-state index < -0.39 is 11.9 Å². The summed E-state index contributed by atoms with van der Waals surface area (Å²) in [5, 5.41) is 0. The average Bonchev–Trinajstić information content (AvgIpc) is 3.01. The van der Waals surface area contributed by atoms with Crippen molar-refractivity contribution in [2.24, 2.45) is 5.73 Å². The number of hydrogen-bond acceptors (Lipinski definition) is 6. The van der Waals surface area contributed by atoms with Crippen LogP contribution in [0.3, 0.4) is 0 Å².